The molecule has 1 aromatic carbocycles. The van der Waals surface area contributed by atoms with E-state index in [1.165, 1.54) is 16.8 Å². The Kier molecular flexibility index (Phi) is 4.14. The van der Waals surface area contributed by atoms with Crippen LogP contribution in [0.3, 0.4) is 0 Å². The lowest BCUT2D eigenvalue weighted by molar-refractivity contribution is -0.125. The van der Waals surface area contributed by atoms with Crippen molar-refractivity contribution in [2.45, 2.75) is 54.4 Å². The third kappa shape index (κ3) is 2.18. The van der Waals surface area contributed by atoms with Gasteiger partial charge in [0.15, 0.2) is 5.78 Å². The van der Waals surface area contributed by atoms with Crippen LogP contribution in [-0.4, -0.2) is 18.9 Å². The number of rotatable bonds is 4. The van der Waals surface area contributed by atoms with Gasteiger partial charge < -0.3 is 4.90 Å². The summed E-state index contributed by atoms with van der Waals surface area (Å²) in [5, 5.41) is 0. The van der Waals surface area contributed by atoms with Crippen molar-refractivity contribution in [1.82, 2.24) is 0 Å². The molecule has 0 amide bonds. The minimum Gasteiger partial charge on any atom is -0.372 e. The SMILES string of the molecule is CCN(CC)c1ccc(C(C)=C2C(=O)C3(C)CCC2C3(C)C)cc1. The van der Waals surface area contributed by atoms with Gasteiger partial charge in [-0.1, -0.05) is 32.9 Å². The van der Waals surface area contributed by atoms with Crippen LogP contribution in [0.15, 0.2) is 29.8 Å². The molecule has 24 heavy (non-hydrogen) atoms. The monoisotopic (exact) mass is 325 g/mol. The van der Waals surface area contributed by atoms with Crippen molar-refractivity contribution in [1.29, 1.82) is 0 Å². The van der Waals surface area contributed by atoms with E-state index < -0.39 is 0 Å². The Balaban J connectivity index is 1.99. The van der Waals surface area contributed by atoms with Crippen LogP contribution in [0.2, 0.25) is 0 Å². The molecule has 2 saturated carbocycles. The summed E-state index contributed by atoms with van der Waals surface area (Å²) >= 11 is 0. The molecule has 0 heterocycles. The van der Waals surface area contributed by atoms with Crippen LogP contribution < -0.4 is 4.90 Å². The second-order valence-corrected chi connectivity index (χ2v) is 8.23. The average molecular weight is 325 g/mol. The Bertz CT molecular complexity index is 678. The third-order valence-corrected chi connectivity index (χ3v) is 7.15. The summed E-state index contributed by atoms with van der Waals surface area (Å²) in [7, 11) is 0. The molecule has 0 saturated heterocycles. The third-order valence-electron chi connectivity index (χ3n) is 7.15. The first-order valence-corrected chi connectivity index (χ1v) is 9.38. The number of hydrogen-bond donors (Lipinski definition) is 0. The molecule has 2 aliphatic carbocycles. The number of allylic oxidation sites excluding steroid dienone is 2. The molecule has 2 aliphatic rings. The van der Waals surface area contributed by atoms with Crippen molar-refractivity contribution in [3.8, 4) is 0 Å². The fourth-order valence-corrected chi connectivity index (χ4v) is 4.97. The highest BCUT2D eigenvalue weighted by Gasteiger charge is 2.64. The van der Waals surface area contributed by atoms with Crippen molar-refractivity contribution in [2.75, 3.05) is 18.0 Å². The predicted molar refractivity (Wildman–Crippen MR) is 102 cm³/mol. The zero-order valence-corrected chi connectivity index (χ0v) is 16.1. The van der Waals surface area contributed by atoms with Gasteiger partial charge in [0.25, 0.3) is 0 Å². The van der Waals surface area contributed by atoms with Crippen LogP contribution in [-0.2, 0) is 4.79 Å². The van der Waals surface area contributed by atoms with Crippen LogP contribution in [0.1, 0.15) is 59.9 Å². The molecule has 0 aromatic heterocycles. The maximum Gasteiger partial charge on any atom is 0.165 e. The lowest BCUT2D eigenvalue weighted by atomic mass is 9.70. The van der Waals surface area contributed by atoms with Gasteiger partial charge in [0.2, 0.25) is 0 Å². The summed E-state index contributed by atoms with van der Waals surface area (Å²) in [5.41, 5.74) is 4.66. The van der Waals surface area contributed by atoms with E-state index in [1.807, 2.05) is 0 Å². The smallest absolute Gasteiger partial charge is 0.165 e. The fraction of sp³-hybridized carbons (Fsp3) is 0.591. The molecule has 0 N–H and O–H groups in total. The number of anilines is 1. The Morgan fingerprint density at radius 1 is 1.12 bits per heavy atom. The number of carbonyl (C=O) groups excluding carboxylic acids is 1. The number of benzene rings is 1. The van der Waals surface area contributed by atoms with Crippen molar-refractivity contribution in [3.05, 3.63) is 35.4 Å². The highest BCUT2D eigenvalue weighted by Crippen LogP contribution is 2.66. The molecule has 0 spiro atoms. The van der Waals surface area contributed by atoms with E-state index in [9.17, 15) is 4.79 Å². The lowest BCUT2D eigenvalue weighted by Gasteiger charge is -2.31. The van der Waals surface area contributed by atoms with E-state index in [1.54, 1.807) is 0 Å². The van der Waals surface area contributed by atoms with Crippen LogP contribution >= 0.6 is 0 Å². The average Bonchev–Trinajstić information content (AvgIpc) is 2.88. The van der Waals surface area contributed by atoms with Gasteiger partial charge in [0.05, 0.1) is 0 Å². The molecule has 0 aliphatic heterocycles. The van der Waals surface area contributed by atoms with Crippen LogP contribution in [0.5, 0.6) is 0 Å². The zero-order chi connectivity index (χ0) is 17.7. The minimum absolute atomic E-state index is 0.0852. The normalized spacial score (nSPS) is 29.9. The van der Waals surface area contributed by atoms with Gasteiger partial charge in [-0.05, 0) is 68.2 Å². The highest BCUT2D eigenvalue weighted by atomic mass is 16.1. The van der Waals surface area contributed by atoms with E-state index >= 15 is 0 Å². The summed E-state index contributed by atoms with van der Waals surface area (Å²) in [6.07, 6.45) is 2.20. The van der Waals surface area contributed by atoms with E-state index in [4.69, 9.17) is 0 Å². The quantitative estimate of drug-likeness (QED) is 0.697. The maximum atomic E-state index is 13.1. The molecule has 2 nitrogen and oxygen atoms in total. The fourth-order valence-electron chi connectivity index (χ4n) is 4.97. The summed E-state index contributed by atoms with van der Waals surface area (Å²) < 4.78 is 0. The molecular weight excluding hydrogens is 294 g/mol. The Labute approximate surface area is 146 Å². The number of hydrogen-bond acceptors (Lipinski definition) is 2. The Morgan fingerprint density at radius 3 is 2.17 bits per heavy atom. The predicted octanol–water partition coefficient (Wildman–Crippen LogP) is 5.33. The van der Waals surface area contributed by atoms with Gasteiger partial charge in [-0.15, -0.1) is 0 Å². The number of ketones is 1. The molecule has 2 bridgehead atoms. The maximum absolute atomic E-state index is 13.1. The topological polar surface area (TPSA) is 20.3 Å². The molecule has 130 valence electrons. The number of carbonyl (C=O) groups is 1. The number of nitrogens with zero attached hydrogens (tertiary/aromatic N) is 1. The van der Waals surface area contributed by atoms with E-state index in [2.05, 4.69) is 70.7 Å². The molecule has 0 radical (unpaired) electrons. The van der Waals surface area contributed by atoms with E-state index in [-0.39, 0.29) is 10.8 Å². The van der Waals surface area contributed by atoms with Crippen molar-refractivity contribution in [3.63, 3.8) is 0 Å². The largest absolute Gasteiger partial charge is 0.372 e. The van der Waals surface area contributed by atoms with Crippen molar-refractivity contribution in [2.24, 2.45) is 16.7 Å². The highest BCUT2D eigenvalue weighted by molar-refractivity contribution is 6.10. The molecule has 1 aromatic rings. The standard InChI is InChI=1S/C22H31NO/c1-7-23(8-2)17-11-9-16(10-12-17)15(3)19-18-13-14-22(6,20(19)24)21(18,4)5/h9-12,18H,7-8,13-14H2,1-6H3. The van der Waals surface area contributed by atoms with Crippen molar-refractivity contribution >= 4 is 17.0 Å². The molecular formula is C22H31NO. The summed E-state index contributed by atoms with van der Waals surface area (Å²) in [6, 6.07) is 8.75. The van der Waals surface area contributed by atoms with Crippen LogP contribution in [0.4, 0.5) is 5.69 Å². The minimum atomic E-state index is -0.171. The van der Waals surface area contributed by atoms with Crippen LogP contribution in [0, 0.1) is 16.7 Å². The Hall–Kier alpha value is -1.57. The second kappa shape index (κ2) is 5.75. The van der Waals surface area contributed by atoms with Gasteiger partial charge in [-0.3, -0.25) is 4.79 Å². The molecule has 2 atom stereocenters. The van der Waals surface area contributed by atoms with Crippen LogP contribution in [0.25, 0.3) is 5.57 Å². The van der Waals surface area contributed by atoms with Crippen molar-refractivity contribution < 1.29 is 4.79 Å². The summed E-state index contributed by atoms with van der Waals surface area (Å²) in [4.78, 5) is 15.5. The number of fused-ring (bicyclic) bond motifs is 2. The molecule has 2 fully saturated rings. The summed E-state index contributed by atoms with van der Waals surface area (Å²) in [5.74, 6) is 0.812. The summed E-state index contributed by atoms with van der Waals surface area (Å²) in [6.45, 7) is 15.3. The molecule has 2 heteroatoms. The first-order valence-electron chi connectivity index (χ1n) is 9.38. The van der Waals surface area contributed by atoms with E-state index in [0.717, 1.165) is 31.5 Å². The first-order chi connectivity index (χ1) is 11.3. The van der Waals surface area contributed by atoms with Gasteiger partial charge in [-0.2, -0.15) is 0 Å². The van der Waals surface area contributed by atoms with Gasteiger partial charge in [-0.25, -0.2) is 0 Å². The van der Waals surface area contributed by atoms with Gasteiger partial charge in [0, 0.05) is 29.8 Å². The molecule has 2 unspecified atom stereocenters. The van der Waals surface area contributed by atoms with E-state index in [0.29, 0.717) is 11.7 Å². The lowest BCUT2D eigenvalue weighted by Crippen LogP contribution is -2.32. The van der Waals surface area contributed by atoms with Gasteiger partial charge >= 0.3 is 0 Å². The zero-order valence-electron chi connectivity index (χ0n) is 16.1. The number of Topliss-reactive ketones (excluding diaryl/α,β-unsaturated/α-hetero) is 1. The second-order valence-electron chi connectivity index (χ2n) is 8.23. The Morgan fingerprint density at radius 2 is 1.71 bits per heavy atom. The van der Waals surface area contributed by atoms with Gasteiger partial charge in [0.1, 0.15) is 0 Å². The first kappa shape index (κ1) is 17.3. The molecule has 3 rings (SSSR count).